The summed E-state index contributed by atoms with van der Waals surface area (Å²) in [4.78, 5) is 14.0. The van der Waals surface area contributed by atoms with Crippen molar-refractivity contribution >= 4 is 22.8 Å². The Morgan fingerprint density at radius 3 is 3.04 bits per heavy atom. The van der Waals surface area contributed by atoms with E-state index in [2.05, 4.69) is 53.1 Å². The number of anilines is 1. The predicted molar refractivity (Wildman–Crippen MR) is 116 cm³/mol. The molecule has 2 aromatic carbocycles. The lowest BCUT2D eigenvalue weighted by molar-refractivity contribution is -0.110. The number of carbonyl (C=O) groups excluding carboxylic acids is 1. The molecule has 1 unspecified atom stereocenters. The van der Waals surface area contributed by atoms with E-state index in [1.165, 1.54) is 41.5 Å². The van der Waals surface area contributed by atoms with Crippen molar-refractivity contribution in [3.63, 3.8) is 0 Å². The summed E-state index contributed by atoms with van der Waals surface area (Å²) in [5.41, 5.74) is 6.39. The summed E-state index contributed by atoms with van der Waals surface area (Å²) < 4.78 is 8.75. The van der Waals surface area contributed by atoms with Gasteiger partial charge in [-0.05, 0) is 73.0 Å². The van der Waals surface area contributed by atoms with E-state index < -0.39 is 0 Å². The van der Waals surface area contributed by atoms with Gasteiger partial charge >= 0.3 is 0 Å². The second kappa shape index (κ2) is 8.58. The first-order valence-corrected chi connectivity index (χ1v) is 10.9. The molecule has 28 heavy (non-hydrogen) atoms. The molecule has 1 atom stereocenters. The summed E-state index contributed by atoms with van der Waals surface area (Å²) in [5, 5.41) is 0.185. The van der Waals surface area contributed by atoms with Gasteiger partial charge < -0.3 is 14.4 Å². The molecular formula is C23H28N2O2S. The second-order valence-corrected chi connectivity index (χ2v) is 8.74. The summed E-state index contributed by atoms with van der Waals surface area (Å²) >= 11 is 1.20. The van der Waals surface area contributed by atoms with E-state index in [4.69, 9.17) is 4.74 Å². The minimum atomic E-state index is 0.185. The van der Waals surface area contributed by atoms with Gasteiger partial charge in [-0.1, -0.05) is 24.3 Å². The molecule has 2 aromatic rings. The monoisotopic (exact) mass is 396 g/mol. The summed E-state index contributed by atoms with van der Waals surface area (Å²) in [6, 6.07) is 12.9. The Morgan fingerprint density at radius 1 is 1.29 bits per heavy atom. The van der Waals surface area contributed by atoms with E-state index in [-0.39, 0.29) is 5.12 Å². The van der Waals surface area contributed by atoms with Gasteiger partial charge in [0.25, 0.3) is 0 Å². The molecule has 1 N–H and O–H groups in total. The first-order chi connectivity index (χ1) is 13.6. The molecule has 0 saturated heterocycles. The van der Waals surface area contributed by atoms with E-state index in [0.29, 0.717) is 12.3 Å². The van der Waals surface area contributed by atoms with Crippen molar-refractivity contribution in [2.45, 2.75) is 38.0 Å². The molecular weight excluding hydrogens is 368 g/mol. The standard InChI is InChI=1S/C23H28N2O2S/c1-25(12-11-16-9-10-17-14-23(26)28-24-21(17)13-16)15-18-5-3-7-20-19(18)6-4-8-22(20)27-2/h4,6,8-10,13,18,24H,3,5,7,11-12,14-15H2,1-2H3. The smallest absolute Gasteiger partial charge is 0.213 e. The number of benzene rings is 2. The average Bonchev–Trinajstić information content (AvgIpc) is 2.72. The Labute approximate surface area is 171 Å². The number of likely N-dealkylation sites (N-methyl/N-ethyl adjacent to an activating group) is 1. The highest BCUT2D eigenvalue weighted by Crippen LogP contribution is 2.37. The molecule has 1 aliphatic carbocycles. The van der Waals surface area contributed by atoms with Crippen molar-refractivity contribution in [3.8, 4) is 5.75 Å². The zero-order chi connectivity index (χ0) is 19.5. The van der Waals surface area contributed by atoms with E-state index >= 15 is 0 Å². The fourth-order valence-corrected chi connectivity index (χ4v) is 5.05. The van der Waals surface area contributed by atoms with E-state index in [9.17, 15) is 4.79 Å². The molecule has 0 radical (unpaired) electrons. The van der Waals surface area contributed by atoms with Gasteiger partial charge in [0.1, 0.15) is 5.75 Å². The molecule has 0 aromatic heterocycles. The Hall–Kier alpha value is -1.98. The number of nitrogens with one attached hydrogen (secondary N) is 1. The molecule has 1 aliphatic heterocycles. The quantitative estimate of drug-likeness (QED) is 0.732. The van der Waals surface area contributed by atoms with E-state index in [1.807, 2.05) is 0 Å². The van der Waals surface area contributed by atoms with Crippen LogP contribution in [0.2, 0.25) is 0 Å². The summed E-state index contributed by atoms with van der Waals surface area (Å²) in [6.07, 6.45) is 5.15. The van der Waals surface area contributed by atoms with Crippen LogP contribution in [0.5, 0.6) is 5.75 Å². The number of carbonyl (C=O) groups is 1. The van der Waals surface area contributed by atoms with Gasteiger partial charge in [-0.15, -0.1) is 0 Å². The third-order valence-electron chi connectivity index (χ3n) is 5.91. The third-order valence-corrected chi connectivity index (χ3v) is 6.60. The molecule has 148 valence electrons. The lowest BCUT2D eigenvalue weighted by atomic mass is 9.82. The fraction of sp³-hybridized carbons (Fsp3) is 0.435. The highest BCUT2D eigenvalue weighted by Gasteiger charge is 2.23. The number of hydrogen-bond donors (Lipinski definition) is 1. The predicted octanol–water partition coefficient (Wildman–Crippen LogP) is 4.43. The Morgan fingerprint density at radius 2 is 2.18 bits per heavy atom. The van der Waals surface area contributed by atoms with Crippen molar-refractivity contribution in [1.82, 2.24) is 4.90 Å². The van der Waals surface area contributed by atoms with Crippen molar-refractivity contribution in [2.75, 3.05) is 32.0 Å². The largest absolute Gasteiger partial charge is 0.496 e. The molecule has 0 bridgehead atoms. The van der Waals surface area contributed by atoms with Crippen LogP contribution in [0.1, 0.15) is 41.0 Å². The van der Waals surface area contributed by atoms with E-state index in [1.54, 1.807) is 7.11 Å². The van der Waals surface area contributed by atoms with Crippen LogP contribution in [0.4, 0.5) is 5.69 Å². The summed E-state index contributed by atoms with van der Waals surface area (Å²) in [5.74, 6) is 1.62. The first-order valence-electron chi connectivity index (χ1n) is 10.1. The Kier molecular flexibility index (Phi) is 5.93. The summed E-state index contributed by atoms with van der Waals surface area (Å²) in [7, 11) is 3.99. The summed E-state index contributed by atoms with van der Waals surface area (Å²) in [6.45, 7) is 2.11. The van der Waals surface area contributed by atoms with Crippen LogP contribution in [0, 0.1) is 0 Å². The van der Waals surface area contributed by atoms with Gasteiger partial charge in [0, 0.05) is 37.1 Å². The lowest BCUT2D eigenvalue weighted by Gasteiger charge is -2.30. The topological polar surface area (TPSA) is 41.6 Å². The zero-order valence-corrected chi connectivity index (χ0v) is 17.5. The van der Waals surface area contributed by atoms with Crippen molar-refractivity contribution in [3.05, 3.63) is 58.7 Å². The molecule has 4 nitrogen and oxygen atoms in total. The highest BCUT2D eigenvalue weighted by atomic mass is 32.2. The van der Waals surface area contributed by atoms with Gasteiger partial charge in [0.05, 0.1) is 7.11 Å². The second-order valence-electron chi connectivity index (χ2n) is 7.87. The van der Waals surface area contributed by atoms with Crippen LogP contribution in [-0.2, 0) is 24.1 Å². The van der Waals surface area contributed by atoms with Crippen molar-refractivity contribution < 1.29 is 9.53 Å². The minimum absolute atomic E-state index is 0.185. The number of hydrogen-bond acceptors (Lipinski definition) is 5. The van der Waals surface area contributed by atoms with Crippen molar-refractivity contribution in [1.29, 1.82) is 0 Å². The molecule has 4 rings (SSSR count). The van der Waals surface area contributed by atoms with Gasteiger partial charge in [-0.2, -0.15) is 0 Å². The number of rotatable bonds is 6. The molecule has 0 saturated carbocycles. The van der Waals surface area contributed by atoms with E-state index in [0.717, 1.165) is 42.9 Å². The van der Waals surface area contributed by atoms with Crippen LogP contribution >= 0.6 is 11.9 Å². The molecule has 2 aliphatic rings. The van der Waals surface area contributed by atoms with Gasteiger partial charge in [0.2, 0.25) is 5.12 Å². The maximum atomic E-state index is 11.5. The van der Waals surface area contributed by atoms with Crippen LogP contribution in [0.25, 0.3) is 0 Å². The Balaban J connectivity index is 1.37. The lowest BCUT2D eigenvalue weighted by Crippen LogP contribution is -2.28. The number of nitrogens with zero attached hydrogens (tertiary/aromatic N) is 1. The van der Waals surface area contributed by atoms with Gasteiger partial charge in [0.15, 0.2) is 0 Å². The number of methoxy groups -OCH3 is 1. The SMILES string of the molecule is COc1cccc2c1CCCC2CN(C)CCc1ccc2c(c1)NSC(=O)C2. The maximum absolute atomic E-state index is 11.5. The molecule has 0 amide bonds. The van der Waals surface area contributed by atoms with Crippen LogP contribution in [-0.4, -0.2) is 37.3 Å². The maximum Gasteiger partial charge on any atom is 0.213 e. The highest BCUT2D eigenvalue weighted by molar-refractivity contribution is 8.14. The number of ether oxygens (including phenoxy) is 1. The first kappa shape index (κ1) is 19.3. The normalized spacial score (nSPS) is 18.4. The zero-order valence-electron chi connectivity index (χ0n) is 16.7. The van der Waals surface area contributed by atoms with Crippen LogP contribution < -0.4 is 9.46 Å². The minimum Gasteiger partial charge on any atom is -0.496 e. The fourth-order valence-electron chi connectivity index (χ4n) is 4.41. The third kappa shape index (κ3) is 4.20. The molecule has 0 fully saturated rings. The van der Waals surface area contributed by atoms with Crippen molar-refractivity contribution in [2.24, 2.45) is 0 Å². The molecule has 0 spiro atoms. The van der Waals surface area contributed by atoms with Gasteiger partial charge in [-0.25, -0.2) is 0 Å². The van der Waals surface area contributed by atoms with Crippen LogP contribution in [0.15, 0.2) is 36.4 Å². The average molecular weight is 397 g/mol. The number of fused-ring (bicyclic) bond motifs is 2. The van der Waals surface area contributed by atoms with Crippen LogP contribution in [0.3, 0.4) is 0 Å². The molecule has 1 heterocycles. The molecule has 5 heteroatoms. The van der Waals surface area contributed by atoms with Gasteiger partial charge in [-0.3, -0.25) is 4.79 Å². The Bertz CT molecular complexity index is 868.